The van der Waals surface area contributed by atoms with E-state index in [9.17, 15) is 32.3 Å². The molecule has 0 spiro atoms. The molecule has 71 heavy (non-hydrogen) atoms. The Kier molecular flexibility index (Phi) is 12.4. The summed E-state index contributed by atoms with van der Waals surface area (Å²) in [6.45, 7) is 7.54. The van der Waals surface area contributed by atoms with Crippen molar-refractivity contribution in [1.82, 2.24) is 43.7 Å². The number of imide groups is 1. The van der Waals surface area contributed by atoms with Crippen LogP contribution in [0.2, 0.25) is 0 Å². The molecule has 0 bridgehead atoms. The second-order valence-corrected chi connectivity index (χ2v) is 19.8. The van der Waals surface area contributed by atoms with Crippen LogP contribution in [-0.4, -0.2) is 121 Å². The van der Waals surface area contributed by atoms with Crippen LogP contribution in [0.3, 0.4) is 0 Å². The summed E-state index contributed by atoms with van der Waals surface area (Å²) in [4.78, 5) is 59.7. The number of rotatable bonds is 13. The Balaban J connectivity index is 0.659. The van der Waals surface area contributed by atoms with Gasteiger partial charge in [0.15, 0.2) is 0 Å². The van der Waals surface area contributed by atoms with Crippen molar-refractivity contribution in [2.75, 3.05) is 57.4 Å². The van der Waals surface area contributed by atoms with Crippen LogP contribution < -0.4 is 15.9 Å². The molecule has 4 saturated heterocycles. The monoisotopic (exact) mass is 972 g/mol. The third kappa shape index (κ3) is 9.38. The number of likely N-dealkylation sites (tertiary alicyclic amines) is 1. The molecular formula is C52H55F3N10O6. The Morgan fingerprint density at radius 3 is 2.27 bits per heavy atom. The highest BCUT2D eigenvalue weighted by Crippen LogP contribution is 2.38. The predicted octanol–water partition coefficient (Wildman–Crippen LogP) is 5.01. The van der Waals surface area contributed by atoms with Gasteiger partial charge in [0, 0.05) is 108 Å². The first-order chi connectivity index (χ1) is 34.3. The Hall–Kier alpha value is -6.67. The first-order valence-electron chi connectivity index (χ1n) is 24.3. The number of hydrogen-bond donors (Lipinski definition) is 1. The van der Waals surface area contributed by atoms with Crippen LogP contribution in [-0.2, 0) is 70.4 Å². The lowest BCUT2D eigenvalue weighted by molar-refractivity contribution is -0.137. The number of pyridine rings is 1. The Bertz CT molecular complexity index is 3060. The van der Waals surface area contributed by atoms with Crippen molar-refractivity contribution >= 4 is 28.9 Å². The van der Waals surface area contributed by atoms with Gasteiger partial charge in [0.05, 0.1) is 42.7 Å². The standard InChI is InChI=1S/C52H55F3N10O6/c1-59-33-56-58-46(59)24-51(31-70-32-51)38-3-2-4-40(23-38)63-29-45-43(52(53,54)55)21-36(27-65(45)50(63)69)26-60-15-13-41(14-16-60)71-30-35-7-5-34(6-8-35)25-61-17-19-62(20-18-61)39-9-10-42-37(22-39)28-64(49(42)68)44-11-12-47(66)57-48(44)67/h2-10,21-23,27,29,33,41,44H,11-20,24-26,28,30-32H2,1H3,(H,57,66,67)/t44-/m0/s1. The number of hydrogen-bond acceptors (Lipinski definition) is 11. The summed E-state index contributed by atoms with van der Waals surface area (Å²) in [5, 5.41) is 10.6. The summed E-state index contributed by atoms with van der Waals surface area (Å²) in [6, 6.07) is 22.3. The molecule has 3 aromatic heterocycles. The summed E-state index contributed by atoms with van der Waals surface area (Å²) >= 11 is 0. The van der Waals surface area contributed by atoms with E-state index in [1.54, 1.807) is 17.3 Å². The van der Waals surface area contributed by atoms with Gasteiger partial charge in [-0.3, -0.25) is 38.5 Å². The Morgan fingerprint density at radius 1 is 0.817 bits per heavy atom. The molecule has 3 aromatic carbocycles. The number of benzene rings is 3. The molecule has 370 valence electrons. The van der Waals surface area contributed by atoms with Crippen molar-refractivity contribution in [2.45, 2.75) is 82.1 Å². The number of nitrogens with one attached hydrogen (secondary N) is 1. The number of anilines is 1. The molecule has 11 rings (SSSR count). The topological polar surface area (TPSA) is 152 Å². The summed E-state index contributed by atoms with van der Waals surface area (Å²) in [5.74, 6) is -0.0902. The minimum absolute atomic E-state index is 0.0179. The van der Waals surface area contributed by atoms with E-state index in [2.05, 4.69) is 60.5 Å². The molecule has 0 radical (unpaired) electrons. The first kappa shape index (κ1) is 46.7. The van der Waals surface area contributed by atoms with E-state index in [1.165, 1.54) is 28.6 Å². The van der Waals surface area contributed by atoms with E-state index in [0.717, 1.165) is 78.2 Å². The van der Waals surface area contributed by atoms with E-state index >= 15 is 0 Å². The van der Waals surface area contributed by atoms with Crippen molar-refractivity contribution < 1.29 is 37.0 Å². The van der Waals surface area contributed by atoms with Crippen LogP contribution in [0, 0.1) is 0 Å². The third-order valence-corrected chi connectivity index (χ3v) is 15.0. The molecule has 5 aliphatic rings. The van der Waals surface area contributed by atoms with E-state index in [4.69, 9.17) is 9.47 Å². The van der Waals surface area contributed by atoms with Crippen LogP contribution in [0.5, 0.6) is 0 Å². The highest BCUT2D eigenvalue weighted by atomic mass is 19.4. The summed E-state index contributed by atoms with van der Waals surface area (Å²) < 4.78 is 60.3. The number of halogens is 3. The van der Waals surface area contributed by atoms with Crippen LogP contribution in [0.25, 0.3) is 11.2 Å². The van der Waals surface area contributed by atoms with Gasteiger partial charge in [0.1, 0.15) is 18.2 Å². The van der Waals surface area contributed by atoms with Gasteiger partial charge in [-0.2, -0.15) is 13.2 Å². The quantitative estimate of drug-likeness (QED) is 0.156. The number of ether oxygens (including phenoxy) is 2. The zero-order valence-corrected chi connectivity index (χ0v) is 39.4. The van der Waals surface area contributed by atoms with Crippen molar-refractivity contribution in [1.29, 1.82) is 0 Å². The molecule has 1 atom stereocenters. The average Bonchev–Trinajstić information content (AvgIpc) is 4.02. The van der Waals surface area contributed by atoms with Crippen LogP contribution in [0.15, 0.2) is 96.3 Å². The second-order valence-electron chi connectivity index (χ2n) is 19.8. The maximum atomic E-state index is 14.7. The lowest BCUT2D eigenvalue weighted by Crippen LogP contribution is -2.52. The fourth-order valence-electron chi connectivity index (χ4n) is 10.8. The average molecular weight is 973 g/mol. The summed E-state index contributed by atoms with van der Waals surface area (Å²) in [6.07, 6.45) is 2.40. The lowest BCUT2D eigenvalue weighted by atomic mass is 9.75. The molecule has 8 heterocycles. The van der Waals surface area contributed by atoms with E-state index in [-0.39, 0.29) is 36.4 Å². The van der Waals surface area contributed by atoms with Gasteiger partial charge in [0.2, 0.25) is 11.8 Å². The number of fused-ring (bicyclic) bond motifs is 2. The number of carbonyl (C=O) groups excluding carboxylic acids is 3. The highest BCUT2D eigenvalue weighted by molar-refractivity contribution is 6.05. The molecule has 3 amide bonds. The van der Waals surface area contributed by atoms with E-state index < -0.39 is 34.8 Å². The molecule has 1 N–H and O–H groups in total. The van der Waals surface area contributed by atoms with Crippen LogP contribution in [0.4, 0.5) is 18.9 Å². The van der Waals surface area contributed by atoms with Gasteiger partial charge >= 0.3 is 11.9 Å². The fraction of sp³-hybridized carbons (Fsp3) is 0.423. The largest absolute Gasteiger partial charge is 0.418 e. The van der Waals surface area contributed by atoms with Crippen molar-refractivity contribution in [2.24, 2.45) is 7.05 Å². The third-order valence-electron chi connectivity index (χ3n) is 15.0. The van der Waals surface area contributed by atoms with Gasteiger partial charge in [-0.15, -0.1) is 10.2 Å². The zero-order valence-electron chi connectivity index (χ0n) is 39.4. The molecule has 19 heteroatoms. The number of aromatic nitrogens is 5. The SMILES string of the molecule is Cn1cnnc1CC1(c2cccc(-n3cc4c(C(F)(F)F)cc(CN5CCC(OCc6ccc(CN7CCN(c8ccc9c(c8)CN([C@H]8CCC(=O)NC8=O)C9=O)CC7)cc6)CC5)cn4c3=O)c2)COC1. The highest BCUT2D eigenvalue weighted by Gasteiger charge is 2.43. The number of alkyl halides is 3. The van der Waals surface area contributed by atoms with Crippen molar-refractivity contribution in [3.8, 4) is 5.69 Å². The van der Waals surface area contributed by atoms with Gasteiger partial charge < -0.3 is 23.8 Å². The smallest absolute Gasteiger partial charge is 0.379 e. The lowest BCUT2D eigenvalue weighted by Gasteiger charge is -2.41. The molecule has 6 aromatic rings. The molecule has 4 fully saturated rings. The number of imidazole rings is 1. The maximum Gasteiger partial charge on any atom is 0.418 e. The van der Waals surface area contributed by atoms with Crippen molar-refractivity contribution in [3.05, 3.63) is 147 Å². The zero-order chi connectivity index (χ0) is 49.0. The number of piperidine rings is 2. The van der Waals surface area contributed by atoms with Crippen LogP contribution in [0.1, 0.15) is 75.2 Å². The number of aryl methyl sites for hydroxylation is 1. The van der Waals surface area contributed by atoms with Crippen molar-refractivity contribution in [3.63, 3.8) is 0 Å². The van der Waals surface area contributed by atoms with E-state index in [0.29, 0.717) is 69.1 Å². The Labute approximate surface area is 407 Å². The summed E-state index contributed by atoms with van der Waals surface area (Å²) in [5.41, 5.74) is 4.62. The number of piperazine rings is 1. The number of amides is 3. The molecule has 0 aliphatic carbocycles. The number of nitrogens with zero attached hydrogens (tertiary/aromatic N) is 9. The molecule has 5 aliphatic heterocycles. The van der Waals surface area contributed by atoms with Gasteiger partial charge in [-0.25, -0.2) is 4.79 Å². The van der Waals surface area contributed by atoms with Gasteiger partial charge in [-0.1, -0.05) is 36.4 Å². The second kappa shape index (κ2) is 18.8. The number of carbonyl (C=O) groups is 3. The van der Waals surface area contributed by atoms with Gasteiger partial charge in [0.25, 0.3) is 5.91 Å². The van der Waals surface area contributed by atoms with E-state index in [1.807, 2.05) is 41.9 Å². The Morgan fingerprint density at radius 2 is 1.56 bits per heavy atom. The minimum Gasteiger partial charge on any atom is -0.379 e. The maximum absolute atomic E-state index is 14.7. The minimum atomic E-state index is -4.68. The summed E-state index contributed by atoms with van der Waals surface area (Å²) in [7, 11) is 1.87. The van der Waals surface area contributed by atoms with Crippen LogP contribution >= 0.6 is 0 Å². The fourth-order valence-corrected chi connectivity index (χ4v) is 10.8. The molecule has 0 saturated carbocycles. The van der Waals surface area contributed by atoms with Gasteiger partial charge in [-0.05, 0) is 83.5 Å². The molecular weight excluding hydrogens is 918 g/mol. The molecule has 0 unspecified atom stereocenters. The normalized spacial score (nSPS) is 20.2. The molecule has 16 nitrogen and oxygen atoms in total. The first-order valence-corrected chi connectivity index (χ1v) is 24.3. The predicted molar refractivity (Wildman–Crippen MR) is 255 cm³/mol.